The Bertz CT molecular complexity index is 643. The van der Waals surface area contributed by atoms with Crippen LogP contribution in [0.2, 0.25) is 0 Å². The lowest BCUT2D eigenvalue weighted by Crippen LogP contribution is -2.30. The second kappa shape index (κ2) is 5.21. The topological polar surface area (TPSA) is 63.2 Å². The van der Waals surface area contributed by atoms with E-state index in [0.717, 1.165) is 11.3 Å². The number of para-hydroxylation sites is 1. The van der Waals surface area contributed by atoms with E-state index in [1.807, 2.05) is 30.3 Å². The summed E-state index contributed by atoms with van der Waals surface area (Å²) in [6.07, 6.45) is 0. The van der Waals surface area contributed by atoms with Crippen LogP contribution in [0, 0.1) is 0 Å². The average Bonchev–Trinajstić information content (AvgIpc) is 2.90. The third kappa shape index (κ3) is 2.30. The van der Waals surface area contributed by atoms with Gasteiger partial charge in [-0.25, -0.2) is 4.98 Å². The van der Waals surface area contributed by atoms with Crippen LogP contribution in [-0.4, -0.2) is 24.5 Å². The van der Waals surface area contributed by atoms with Crippen molar-refractivity contribution in [1.29, 1.82) is 0 Å². The molecule has 2 heterocycles. The van der Waals surface area contributed by atoms with Crippen molar-refractivity contribution in [2.24, 2.45) is 0 Å². The third-order valence-electron chi connectivity index (χ3n) is 3.24. The molecule has 1 aromatic carbocycles. The number of benzene rings is 1. The van der Waals surface area contributed by atoms with Crippen LogP contribution in [0.5, 0.6) is 5.75 Å². The molecule has 2 aromatic rings. The fourth-order valence-corrected chi connectivity index (χ4v) is 2.21. The van der Waals surface area contributed by atoms with Gasteiger partial charge in [0.15, 0.2) is 0 Å². The Morgan fingerprint density at radius 2 is 2.10 bits per heavy atom. The van der Waals surface area contributed by atoms with Crippen molar-refractivity contribution in [3.63, 3.8) is 0 Å². The second-order valence-electron chi connectivity index (χ2n) is 4.53. The maximum absolute atomic E-state index is 12.2. The molecule has 5 heteroatoms. The predicted molar refractivity (Wildman–Crippen MR) is 75.9 cm³/mol. The van der Waals surface area contributed by atoms with Gasteiger partial charge in [0.2, 0.25) is 0 Å². The molecule has 3 rings (SSSR count). The van der Waals surface area contributed by atoms with Crippen molar-refractivity contribution in [3.8, 4) is 5.75 Å². The highest BCUT2D eigenvalue weighted by atomic mass is 16.5. The van der Waals surface area contributed by atoms with E-state index in [9.17, 15) is 4.79 Å². The van der Waals surface area contributed by atoms with Crippen LogP contribution in [0.25, 0.3) is 0 Å². The molecule has 1 atom stereocenters. The lowest BCUT2D eigenvalue weighted by Gasteiger charge is -2.11. The summed E-state index contributed by atoms with van der Waals surface area (Å²) in [5, 5.41) is 5.86. The van der Waals surface area contributed by atoms with Crippen LogP contribution in [0.3, 0.4) is 0 Å². The number of hydrogen-bond donors (Lipinski definition) is 2. The zero-order valence-electron chi connectivity index (χ0n) is 11.1. The molecule has 0 aliphatic carbocycles. The molecular weight excluding hydrogens is 254 g/mol. The van der Waals surface area contributed by atoms with Crippen molar-refractivity contribution in [2.75, 3.05) is 19.0 Å². The zero-order valence-corrected chi connectivity index (χ0v) is 11.1. The molecule has 1 aromatic heterocycles. The highest BCUT2D eigenvalue weighted by molar-refractivity contribution is 5.93. The van der Waals surface area contributed by atoms with Gasteiger partial charge in [-0.3, -0.25) is 4.79 Å². The molecule has 102 valence electrons. The number of rotatable bonds is 3. The van der Waals surface area contributed by atoms with Gasteiger partial charge in [-0.2, -0.15) is 0 Å². The van der Waals surface area contributed by atoms with E-state index >= 15 is 0 Å². The van der Waals surface area contributed by atoms with Crippen molar-refractivity contribution < 1.29 is 9.53 Å². The van der Waals surface area contributed by atoms with E-state index in [2.05, 4.69) is 15.6 Å². The Balaban J connectivity index is 1.77. The molecule has 5 nitrogen and oxygen atoms in total. The predicted octanol–water partition coefficient (Wildman–Crippen LogP) is 1.99. The molecular formula is C15H15N3O2. The lowest BCUT2D eigenvalue weighted by molar-refractivity contribution is 0.0925. The molecule has 0 radical (unpaired) electrons. The number of nitrogens with one attached hydrogen (secondary N) is 2. The number of nitrogens with zero attached hydrogens (tertiary/aromatic N) is 1. The van der Waals surface area contributed by atoms with Crippen molar-refractivity contribution in [2.45, 2.75) is 6.04 Å². The minimum Gasteiger partial charge on any atom is -0.491 e. The number of carbonyl (C=O) groups excluding carboxylic acids is 1. The number of ether oxygens (including phenoxy) is 1. The van der Waals surface area contributed by atoms with Crippen molar-refractivity contribution >= 4 is 11.7 Å². The number of hydrogen-bond acceptors (Lipinski definition) is 4. The first-order chi connectivity index (χ1) is 9.78. The number of aromatic nitrogens is 1. The molecule has 1 aliphatic rings. The fraction of sp³-hybridized carbons (Fsp3) is 0.200. The Morgan fingerprint density at radius 3 is 2.95 bits per heavy atom. The van der Waals surface area contributed by atoms with Gasteiger partial charge in [-0.1, -0.05) is 24.3 Å². The number of pyridine rings is 1. The summed E-state index contributed by atoms with van der Waals surface area (Å²) in [4.78, 5) is 16.4. The Morgan fingerprint density at radius 1 is 1.25 bits per heavy atom. The number of fused-ring (bicyclic) bond motifs is 1. The first-order valence-electron chi connectivity index (χ1n) is 6.45. The Hall–Kier alpha value is -2.56. The summed E-state index contributed by atoms with van der Waals surface area (Å²) >= 11 is 0. The normalized spacial score (nSPS) is 16.1. The summed E-state index contributed by atoms with van der Waals surface area (Å²) < 4.78 is 5.55. The lowest BCUT2D eigenvalue weighted by atomic mass is 10.1. The van der Waals surface area contributed by atoms with Crippen LogP contribution >= 0.6 is 0 Å². The maximum atomic E-state index is 12.2. The number of anilines is 1. The molecule has 0 saturated heterocycles. The SMILES string of the molecule is CNc1cccc(C(=O)NC2COc3ccccc32)n1. The minimum atomic E-state index is -0.201. The van der Waals surface area contributed by atoms with Crippen LogP contribution in [0.1, 0.15) is 22.1 Å². The van der Waals surface area contributed by atoms with Crippen LogP contribution in [0.4, 0.5) is 5.82 Å². The molecule has 1 amide bonds. The number of amides is 1. The Kier molecular flexibility index (Phi) is 3.25. The van der Waals surface area contributed by atoms with E-state index < -0.39 is 0 Å². The van der Waals surface area contributed by atoms with Gasteiger partial charge in [-0.15, -0.1) is 0 Å². The van der Waals surface area contributed by atoms with Gasteiger partial charge < -0.3 is 15.4 Å². The molecule has 0 saturated carbocycles. The van der Waals surface area contributed by atoms with Gasteiger partial charge >= 0.3 is 0 Å². The van der Waals surface area contributed by atoms with Crippen molar-refractivity contribution in [1.82, 2.24) is 10.3 Å². The highest BCUT2D eigenvalue weighted by Crippen LogP contribution is 2.31. The van der Waals surface area contributed by atoms with E-state index in [0.29, 0.717) is 18.1 Å². The molecule has 0 fully saturated rings. The fourth-order valence-electron chi connectivity index (χ4n) is 2.21. The van der Waals surface area contributed by atoms with Crippen LogP contribution in [-0.2, 0) is 0 Å². The molecule has 1 aliphatic heterocycles. The number of carbonyl (C=O) groups is 1. The van der Waals surface area contributed by atoms with Crippen LogP contribution in [0.15, 0.2) is 42.5 Å². The zero-order chi connectivity index (χ0) is 13.9. The molecule has 0 spiro atoms. The monoisotopic (exact) mass is 269 g/mol. The minimum absolute atomic E-state index is 0.126. The van der Waals surface area contributed by atoms with E-state index in [-0.39, 0.29) is 11.9 Å². The first-order valence-corrected chi connectivity index (χ1v) is 6.45. The summed E-state index contributed by atoms with van der Waals surface area (Å²) in [5.74, 6) is 1.29. The second-order valence-corrected chi connectivity index (χ2v) is 4.53. The van der Waals surface area contributed by atoms with Gasteiger partial charge in [0.25, 0.3) is 5.91 Å². The van der Waals surface area contributed by atoms with Gasteiger partial charge in [0.1, 0.15) is 23.9 Å². The van der Waals surface area contributed by atoms with Gasteiger partial charge in [0, 0.05) is 12.6 Å². The maximum Gasteiger partial charge on any atom is 0.270 e. The summed E-state index contributed by atoms with van der Waals surface area (Å²) in [6, 6.07) is 12.9. The summed E-state index contributed by atoms with van der Waals surface area (Å²) in [7, 11) is 1.77. The third-order valence-corrected chi connectivity index (χ3v) is 3.24. The first kappa shape index (κ1) is 12.5. The average molecular weight is 269 g/mol. The van der Waals surface area contributed by atoms with Gasteiger partial charge in [0.05, 0.1) is 6.04 Å². The highest BCUT2D eigenvalue weighted by Gasteiger charge is 2.25. The molecule has 0 bridgehead atoms. The van der Waals surface area contributed by atoms with Gasteiger partial charge in [-0.05, 0) is 18.2 Å². The smallest absolute Gasteiger partial charge is 0.270 e. The standard InChI is InChI=1S/C15H15N3O2/c1-16-14-8-4-6-11(17-14)15(19)18-12-9-20-13-7-3-2-5-10(12)13/h2-8,12H,9H2,1H3,(H,16,17)(H,18,19). The Labute approximate surface area is 117 Å². The van der Waals surface area contributed by atoms with Crippen molar-refractivity contribution in [3.05, 3.63) is 53.7 Å². The van der Waals surface area contributed by atoms with E-state index in [1.54, 1.807) is 19.2 Å². The molecule has 2 N–H and O–H groups in total. The van der Waals surface area contributed by atoms with E-state index in [1.165, 1.54) is 0 Å². The summed E-state index contributed by atoms with van der Waals surface area (Å²) in [5.41, 5.74) is 1.40. The largest absolute Gasteiger partial charge is 0.491 e. The summed E-state index contributed by atoms with van der Waals surface area (Å²) in [6.45, 7) is 0.455. The quantitative estimate of drug-likeness (QED) is 0.894. The van der Waals surface area contributed by atoms with Crippen LogP contribution < -0.4 is 15.4 Å². The van der Waals surface area contributed by atoms with E-state index in [4.69, 9.17) is 4.74 Å². The molecule has 20 heavy (non-hydrogen) atoms. The molecule has 1 unspecified atom stereocenters.